The predicted octanol–water partition coefficient (Wildman–Crippen LogP) is 4.43. The molecule has 3 aromatic carbocycles. The van der Waals surface area contributed by atoms with Crippen LogP contribution in [0.15, 0.2) is 84.9 Å². The van der Waals surface area contributed by atoms with Crippen molar-refractivity contribution >= 4 is 17.6 Å². The van der Waals surface area contributed by atoms with Crippen molar-refractivity contribution < 1.29 is 14.3 Å². The van der Waals surface area contributed by atoms with Gasteiger partial charge in [0.15, 0.2) is 11.5 Å². The standard InChI is InChI=1S/C24H23NO3/c1-27-22-14-8-9-15-23(22)28-17-16-25-24(26)21(20-12-6-3-7-13-20)18-19-10-4-2-5-11-19/h2-15,18H,16-17H2,1H3,(H,25,26)/b21-18+. The van der Waals surface area contributed by atoms with Crippen LogP contribution in [0.2, 0.25) is 0 Å². The molecule has 0 fully saturated rings. The zero-order chi connectivity index (χ0) is 19.6. The molecular weight excluding hydrogens is 350 g/mol. The highest BCUT2D eigenvalue weighted by molar-refractivity contribution is 6.24. The van der Waals surface area contributed by atoms with Crippen molar-refractivity contribution in [3.8, 4) is 11.5 Å². The van der Waals surface area contributed by atoms with E-state index in [0.29, 0.717) is 30.2 Å². The molecule has 0 aliphatic rings. The second-order valence-electron chi connectivity index (χ2n) is 6.09. The van der Waals surface area contributed by atoms with Crippen LogP contribution in [0.25, 0.3) is 11.6 Å². The van der Waals surface area contributed by atoms with E-state index in [1.54, 1.807) is 7.11 Å². The molecule has 0 aliphatic heterocycles. The van der Waals surface area contributed by atoms with Crippen LogP contribution in [-0.4, -0.2) is 26.2 Å². The first-order chi connectivity index (χ1) is 13.8. The molecule has 0 unspecified atom stereocenters. The van der Waals surface area contributed by atoms with Gasteiger partial charge in [0.1, 0.15) is 6.61 Å². The van der Waals surface area contributed by atoms with Crippen LogP contribution < -0.4 is 14.8 Å². The number of carbonyl (C=O) groups is 1. The summed E-state index contributed by atoms with van der Waals surface area (Å²) in [5, 5.41) is 2.94. The second-order valence-corrected chi connectivity index (χ2v) is 6.09. The van der Waals surface area contributed by atoms with Gasteiger partial charge >= 0.3 is 0 Å². The largest absolute Gasteiger partial charge is 0.493 e. The fraction of sp³-hybridized carbons (Fsp3) is 0.125. The van der Waals surface area contributed by atoms with Crippen LogP contribution >= 0.6 is 0 Å². The summed E-state index contributed by atoms with van der Waals surface area (Å²) in [7, 11) is 1.60. The predicted molar refractivity (Wildman–Crippen MR) is 112 cm³/mol. The summed E-state index contributed by atoms with van der Waals surface area (Å²) in [4.78, 5) is 12.8. The first kappa shape index (κ1) is 19.2. The third-order valence-corrected chi connectivity index (χ3v) is 4.15. The van der Waals surface area contributed by atoms with Gasteiger partial charge in [0.05, 0.1) is 13.7 Å². The molecule has 3 aromatic rings. The van der Waals surface area contributed by atoms with Crippen molar-refractivity contribution in [1.29, 1.82) is 0 Å². The molecular formula is C24H23NO3. The molecule has 28 heavy (non-hydrogen) atoms. The van der Waals surface area contributed by atoms with Gasteiger partial charge in [-0.25, -0.2) is 0 Å². The summed E-state index contributed by atoms with van der Waals surface area (Å²) in [5.41, 5.74) is 2.46. The van der Waals surface area contributed by atoms with Gasteiger partial charge in [0.25, 0.3) is 5.91 Å². The number of rotatable bonds is 8. The van der Waals surface area contributed by atoms with Crippen molar-refractivity contribution in [2.24, 2.45) is 0 Å². The Morgan fingerprint density at radius 1 is 0.857 bits per heavy atom. The summed E-state index contributed by atoms with van der Waals surface area (Å²) in [6.45, 7) is 0.732. The number of ether oxygens (including phenoxy) is 2. The van der Waals surface area contributed by atoms with Gasteiger partial charge in [0.2, 0.25) is 0 Å². The van der Waals surface area contributed by atoms with E-state index < -0.39 is 0 Å². The molecule has 0 radical (unpaired) electrons. The minimum Gasteiger partial charge on any atom is -0.493 e. The first-order valence-electron chi connectivity index (χ1n) is 9.14. The quantitative estimate of drug-likeness (QED) is 0.361. The van der Waals surface area contributed by atoms with Gasteiger partial charge in [-0.2, -0.15) is 0 Å². The van der Waals surface area contributed by atoms with Crippen molar-refractivity contribution in [2.45, 2.75) is 0 Å². The molecule has 3 rings (SSSR count). The average molecular weight is 373 g/mol. The Morgan fingerprint density at radius 2 is 1.46 bits per heavy atom. The number of carbonyl (C=O) groups excluding carboxylic acids is 1. The molecule has 0 bridgehead atoms. The SMILES string of the molecule is COc1ccccc1OCCNC(=O)/C(=C/c1ccccc1)c1ccccc1. The monoisotopic (exact) mass is 373 g/mol. The Balaban J connectivity index is 1.66. The zero-order valence-corrected chi connectivity index (χ0v) is 15.8. The Labute approximate surface area is 165 Å². The molecule has 0 atom stereocenters. The summed E-state index contributed by atoms with van der Waals surface area (Å²) in [5.74, 6) is 1.18. The molecule has 0 heterocycles. The Kier molecular flexibility index (Phi) is 6.85. The number of benzene rings is 3. The lowest BCUT2D eigenvalue weighted by molar-refractivity contribution is -0.115. The van der Waals surface area contributed by atoms with Crippen LogP contribution in [-0.2, 0) is 4.79 Å². The normalized spacial score (nSPS) is 11.0. The number of methoxy groups -OCH3 is 1. The molecule has 0 aliphatic carbocycles. The van der Waals surface area contributed by atoms with E-state index in [1.165, 1.54) is 0 Å². The van der Waals surface area contributed by atoms with E-state index in [1.807, 2.05) is 91.0 Å². The molecule has 0 saturated heterocycles. The third kappa shape index (κ3) is 5.24. The van der Waals surface area contributed by atoms with Gasteiger partial charge in [-0.1, -0.05) is 72.8 Å². The summed E-state index contributed by atoms with van der Waals surface area (Å²) >= 11 is 0. The first-order valence-corrected chi connectivity index (χ1v) is 9.14. The van der Waals surface area contributed by atoms with E-state index in [0.717, 1.165) is 11.1 Å². The third-order valence-electron chi connectivity index (χ3n) is 4.15. The average Bonchev–Trinajstić information content (AvgIpc) is 2.76. The highest BCUT2D eigenvalue weighted by atomic mass is 16.5. The minimum atomic E-state index is -0.140. The van der Waals surface area contributed by atoms with Gasteiger partial charge in [-0.15, -0.1) is 0 Å². The highest BCUT2D eigenvalue weighted by Crippen LogP contribution is 2.25. The van der Waals surface area contributed by atoms with E-state index in [9.17, 15) is 4.79 Å². The van der Waals surface area contributed by atoms with Crippen molar-refractivity contribution in [1.82, 2.24) is 5.32 Å². The van der Waals surface area contributed by atoms with Gasteiger partial charge in [-0.3, -0.25) is 4.79 Å². The minimum absolute atomic E-state index is 0.140. The van der Waals surface area contributed by atoms with Crippen LogP contribution in [0.4, 0.5) is 0 Å². The van der Waals surface area contributed by atoms with E-state index in [-0.39, 0.29) is 5.91 Å². The Hall–Kier alpha value is -3.53. The summed E-state index contributed by atoms with van der Waals surface area (Å²) in [6.07, 6.45) is 1.89. The molecule has 1 amide bonds. The maximum atomic E-state index is 12.8. The summed E-state index contributed by atoms with van der Waals surface area (Å²) < 4.78 is 11.0. The van der Waals surface area contributed by atoms with Crippen molar-refractivity contribution in [3.05, 3.63) is 96.1 Å². The zero-order valence-electron chi connectivity index (χ0n) is 15.8. The lowest BCUT2D eigenvalue weighted by Gasteiger charge is -2.12. The van der Waals surface area contributed by atoms with Crippen LogP contribution in [0, 0.1) is 0 Å². The molecule has 4 heteroatoms. The van der Waals surface area contributed by atoms with Crippen LogP contribution in [0.5, 0.6) is 11.5 Å². The number of nitrogens with one attached hydrogen (secondary N) is 1. The number of amides is 1. The summed E-state index contributed by atoms with van der Waals surface area (Å²) in [6, 6.07) is 26.9. The molecule has 142 valence electrons. The van der Waals surface area contributed by atoms with Crippen LogP contribution in [0.3, 0.4) is 0 Å². The molecule has 0 saturated carbocycles. The van der Waals surface area contributed by atoms with E-state index in [2.05, 4.69) is 5.32 Å². The van der Waals surface area contributed by atoms with E-state index in [4.69, 9.17) is 9.47 Å². The lowest BCUT2D eigenvalue weighted by Crippen LogP contribution is -2.28. The Bertz CT molecular complexity index is 921. The van der Waals surface area contributed by atoms with Crippen LogP contribution in [0.1, 0.15) is 11.1 Å². The maximum Gasteiger partial charge on any atom is 0.252 e. The number of hydrogen-bond donors (Lipinski definition) is 1. The topological polar surface area (TPSA) is 47.6 Å². The second kappa shape index (κ2) is 9.97. The van der Waals surface area contributed by atoms with Crippen molar-refractivity contribution in [2.75, 3.05) is 20.3 Å². The lowest BCUT2D eigenvalue weighted by atomic mass is 10.0. The number of hydrogen-bond acceptors (Lipinski definition) is 3. The fourth-order valence-corrected chi connectivity index (χ4v) is 2.77. The van der Waals surface area contributed by atoms with Crippen molar-refractivity contribution in [3.63, 3.8) is 0 Å². The number of para-hydroxylation sites is 2. The molecule has 0 aromatic heterocycles. The van der Waals surface area contributed by atoms with Gasteiger partial charge in [0, 0.05) is 5.57 Å². The Morgan fingerprint density at radius 3 is 2.14 bits per heavy atom. The van der Waals surface area contributed by atoms with E-state index >= 15 is 0 Å². The molecule has 4 nitrogen and oxygen atoms in total. The van der Waals surface area contributed by atoms with Gasteiger partial charge in [-0.05, 0) is 29.3 Å². The van der Waals surface area contributed by atoms with Gasteiger partial charge < -0.3 is 14.8 Å². The highest BCUT2D eigenvalue weighted by Gasteiger charge is 2.12. The fourth-order valence-electron chi connectivity index (χ4n) is 2.77. The molecule has 1 N–H and O–H groups in total. The smallest absolute Gasteiger partial charge is 0.252 e. The molecule has 0 spiro atoms. The maximum absolute atomic E-state index is 12.8.